The molecule has 0 aliphatic carbocycles. The molecule has 2 atom stereocenters. The van der Waals surface area contributed by atoms with E-state index in [4.69, 9.17) is 15.9 Å². The topological polar surface area (TPSA) is 113 Å². The normalized spacial score (nSPS) is 14.3. The van der Waals surface area contributed by atoms with Crippen molar-refractivity contribution < 1.29 is 19.8 Å². The van der Waals surface area contributed by atoms with E-state index in [0.717, 1.165) is 0 Å². The van der Waals surface area contributed by atoms with Gasteiger partial charge in [-0.15, -0.1) is 0 Å². The number of carboxylic acids is 1. The molecule has 15 heavy (non-hydrogen) atoms. The number of aliphatic hydroxyl groups is 1. The Hall–Kier alpha value is -1.14. The summed E-state index contributed by atoms with van der Waals surface area (Å²) in [6.45, 7) is 1.79. The van der Waals surface area contributed by atoms with Gasteiger partial charge in [-0.3, -0.25) is 4.79 Å². The zero-order valence-electron chi connectivity index (χ0n) is 8.77. The van der Waals surface area contributed by atoms with E-state index in [-0.39, 0.29) is 24.9 Å². The lowest BCUT2D eigenvalue weighted by Gasteiger charge is -2.16. The minimum Gasteiger partial charge on any atom is -0.480 e. The average Bonchev–Trinajstić information content (AvgIpc) is 2.17. The summed E-state index contributed by atoms with van der Waals surface area (Å²) < 4.78 is 0. The second-order valence-corrected chi connectivity index (χ2v) is 3.39. The molecule has 0 aromatic carbocycles. The molecular weight excluding hydrogens is 200 g/mol. The van der Waals surface area contributed by atoms with Crippen LogP contribution in [0.2, 0.25) is 0 Å². The quantitative estimate of drug-likeness (QED) is 0.434. The van der Waals surface area contributed by atoms with Gasteiger partial charge in [-0.05, 0) is 13.0 Å². The predicted octanol–water partition coefficient (Wildman–Crippen LogP) is -1.08. The maximum absolute atomic E-state index is 11.4. The van der Waals surface area contributed by atoms with Crippen LogP contribution >= 0.6 is 0 Å². The van der Waals surface area contributed by atoms with E-state index in [2.05, 4.69) is 5.32 Å². The molecule has 0 aromatic heterocycles. The molecule has 1 unspecified atom stereocenters. The van der Waals surface area contributed by atoms with Gasteiger partial charge in [0.15, 0.2) is 0 Å². The summed E-state index contributed by atoms with van der Waals surface area (Å²) in [5, 5.41) is 19.7. The van der Waals surface area contributed by atoms with Gasteiger partial charge in [0.1, 0.15) is 6.04 Å². The first-order valence-electron chi connectivity index (χ1n) is 4.87. The van der Waals surface area contributed by atoms with Crippen molar-refractivity contribution in [3.63, 3.8) is 0 Å². The third kappa shape index (κ3) is 5.34. The Morgan fingerprint density at radius 2 is 2.00 bits per heavy atom. The van der Waals surface area contributed by atoms with Gasteiger partial charge in [0, 0.05) is 18.9 Å². The Morgan fingerprint density at radius 3 is 2.40 bits per heavy atom. The molecule has 0 saturated heterocycles. The molecule has 0 saturated carbocycles. The smallest absolute Gasteiger partial charge is 0.326 e. The van der Waals surface area contributed by atoms with Crippen molar-refractivity contribution in [2.45, 2.75) is 25.8 Å². The monoisotopic (exact) mass is 218 g/mol. The summed E-state index contributed by atoms with van der Waals surface area (Å²) in [4.78, 5) is 22.1. The maximum atomic E-state index is 11.4. The van der Waals surface area contributed by atoms with Gasteiger partial charge in [0.25, 0.3) is 0 Å². The van der Waals surface area contributed by atoms with Crippen molar-refractivity contribution in [3.05, 3.63) is 0 Å². The fourth-order valence-corrected chi connectivity index (χ4v) is 1.08. The number of hydrogen-bond donors (Lipinski definition) is 4. The van der Waals surface area contributed by atoms with E-state index >= 15 is 0 Å². The van der Waals surface area contributed by atoms with Crippen molar-refractivity contribution in [2.75, 3.05) is 13.2 Å². The van der Waals surface area contributed by atoms with Crippen LogP contribution in [0.25, 0.3) is 0 Å². The third-order valence-electron chi connectivity index (χ3n) is 2.08. The lowest BCUT2D eigenvalue weighted by atomic mass is 10.1. The molecule has 6 nitrogen and oxygen atoms in total. The van der Waals surface area contributed by atoms with Gasteiger partial charge < -0.3 is 21.3 Å². The molecule has 1 amide bonds. The Labute approximate surface area is 88.5 Å². The SMILES string of the molecule is CC(CCN)C(=O)N[C@@H](CCO)C(=O)O. The zero-order chi connectivity index (χ0) is 11.8. The molecule has 5 N–H and O–H groups in total. The van der Waals surface area contributed by atoms with E-state index in [0.29, 0.717) is 13.0 Å². The third-order valence-corrected chi connectivity index (χ3v) is 2.08. The minimum atomic E-state index is -1.14. The van der Waals surface area contributed by atoms with Gasteiger partial charge in [-0.1, -0.05) is 6.92 Å². The van der Waals surface area contributed by atoms with Gasteiger partial charge in [0.2, 0.25) is 5.91 Å². The molecule has 0 bridgehead atoms. The van der Waals surface area contributed by atoms with Crippen LogP contribution in [0, 0.1) is 5.92 Å². The lowest BCUT2D eigenvalue weighted by Crippen LogP contribution is -2.43. The number of amides is 1. The van der Waals surface area contributed by atoms with Gasteiger partial charge in [0.05, 0.1) is 0 Å². The first-order valence-corrected chi connectivity index (χ1v) is 4.87. The number of nitrogens with two attached hydrogens (primary N) is 1. The van der Waals surface area contributed by atoms with Crippen LogP contribution in [-0.4, -0.2) is 41.3 Å². The van der Waals surface area contributed by atoms with Crippen molar-refractivity contribution in [1.82, 2.24) is 5.32 Å². The summed E-state index contributed by atoms with van der Waals surface area (Å²) in [5.74, 6) is -1.80. The number of hydrogen-bond acceptors (Lipinski definition) is 4. The molecule has 88 valence electrons. The Morgan fingerprint density at radius 1 is 1.40 bits per heavy atom. The van der Waals surface area contributed by atoms with Crippen LogP contribution < -0.4 is 11.1 Å². The van der Waals surface area contributed by atoms with Crippen LogP contribution in [0.4, 0.5) is 0 Å². The molecule has 0 rings (SSSR count). The first kappa shape index (κ1) is 13.9. The van der Waals surface area contributed by atoms with Crippen LogP contribution in [-0.2, 0) is 9.59 Å². The highest BCUT2D eigenvalue weighted by Crippen LogP contribution is 2.02. The molecule has 0 fully saturated rings. The number of aliphatic hydroxyl groups excluding tert-OH is 1. The second kappa shape index (κ2) is 7.19. The van der Waals surface area contributed by atoms with E-state index in [1.807, 2.05) is 0 Å². The van der Waals surface area contributed by atoms with Crippen LogP contribution in [0.3, 0.4) is 0 Å². The van der Waals surface area contributed by atoms with Gasteiger partial charge in [-0.25, -0.2) is 4.79 Å². The first-order chi connectivity index (χ1) is 7.02. The fraction of sp³-hybridized carbons (Fsp3) is 0.778. The molecular formula is C9H18N2O4. The number of carbonyl (C=O) groups excluding carboxylic acids is 1. The highest BCUT2D eigenvalue weighted by molar-refractivity contribution is 5.84. The van der Waals surface area contributed by atoms with E-state index < -0.39 is 12.0 Å². The second-order valence-electron chi connectivity index (χ2n) is 3.39. The Kier molecular flexibility index (Phi) is 6.64. The average molecular weight is 218 g/mol. The van der Waals surface area contributed by atoms with Crippen molar-refractivity contribution in [2.24, 2.45) is 11.7 Å². The fourth-order valence-electron chi connectivity index (χ4n) is 1.08. The van der Waals surface area contributed by atoms with E-state index in [9.17, 15) is 9.59 Å². The number of carbonyl (C=O) groups is 2. The van der Waals surface area contributed by atoms with Crippen LogP contribution in [0.5, 0.6) is 0 Å². The van der Waals surface area contributed by atoms with Crippen LogP contribution in [0.1, 0.15) is 19.8 Å². The zero-order valence-corrected chi connectivity index (χ0v) is 8.77. The van der Waals surface area contributed by atoms with Gasteiger partial charge in [-0.2, -0.15) is 0 Å². The summed E-state index contributed by atoms with van der Waals surface area (Å²) in [6.07, 6.45) is 0.522. The highest BCUT2D eigenvalue weighted by Gasteiger charge is 2.21. The molecule has 0 aliphatic rings. The highest BCUT2D eigenvalue weighted by atomic mass is 16.4. The van der Waals surface area contributed by atoms with E-state index in [1.165, 1.54) is 0 Å². The maximum Gasteiger partial charge on any atom is 0.326 e. The largest absolute Gasteiger partial charge is 0.480 e. The minimum absolute atomic E-state index is 0.0103. The number of aliphatic carboxylic acids is 1. The summed E-state index contributed by atoms with van der Waals surface area (Å²) >= 11 is 0. The predicted molar refractivity (Wildman–Crippen MR) is 54.1 cm³/mol. The Balaban J connectivity index is 4.15. The number of carboxylic acid groups (broad SMARTS) is 1. The summed E-state index contributed by atoms with van der Waals surface area (Å²) in [7, 11) is 0. The molecule has 0 spiro atoms. The number of rotatable bonds is 7. The molecule has 0 aliphatic heterocycles. The lowest BCUT2D eigenvalue weighted by molar-refractivity contribution is -0.142. The van der Waals surface area contributed by atoms with Gasteiger partial charge >= 0.3 is 5.97 Å². The standard InChI is InChI=1S/C9H18N2O4/c1-6(2-4-10)8(13)11-7(3-5-12)9(14)15/h6-7,12H,2-5,10H2,1H3,(H,11,13)(H,14,15)/t6?,7-/m0/s1. The van der Waals surface area contributed by atoms with Crippen molar-refractivity contribution >= 4 is 11.9 Å². The van der Waals surface area contributed by atoms with Crippen molar-refractivity contribution in [1.29, 1.82) is 0 Å². The molecule has 6 heteroatoms. The summed E-state index contributed by atoms with van der Waals surface area (Å²) in [6, 6.07) is -1.03. The van der Waals surface area contributed by atoms with Crippen molar-refractivity contribution in [3.8, 4) is 0 Å². The molecule has 0 radical (unpaired) electrons. The molecule has 0 heterocycles. The number of nitrogens with one attached hydrogen (secondary N) is 1. The Bertz CT molecular complexity index is 220. The van der Waals surface area contributed by atoms with Crippen LogP contribution in [0.15, 0.2) is 0 Å². The van der Waals surface area contributed by atoms with E-state index in [1.54, 1.807) is 6.92 Å². The summed E-state index contributed by atoms with van der Waals surface area (Å²) in [5.41, 5.74) is 5.28. The molecule has 0 aromatic rings.